The van der Waals surface area contributed by atoms with Crippen molar-refractivity contribution >= 4 is 17.7 Å². The maximum atomic E-state index is 11.4. The summed E-state index contributed by atoms with van der Waals surface area (Å²) in [5.74, 6) is -6.02. The molecule has 1 unspecified atom stereocenters. The van der Waals surface area contributed by atoms with Gasteiger partial charge in [0.25, 0.3) is 5.78 Å². The van der Waals surface area contributed by atoms with Crippen molar-refractivity contribution in [3.8, 4) is 0 Å². The van der Waals surface area contributed by atoms with Crippen LogP contribution >= 0.6 is 0 Å². The highest BCUT2D eigenvalue weighted by molar-refractivity contribution is 6.37. The third-order valence-electron chi connectivity index (χ3n) is 5.27. The van der Waals surface area contributed by atoms with Crippen LogP contribution in [0.25, 0.3) is 0 Å². The second kappa shape index (κ2) is 10.7. The zero-order valence-corrected chi connectivity index (χ0v) is 18.0. The lowest BCUT2D eigenvalue weighted by atomic mass is 9.72. The van der Waals surface area contributed by atoms with E-state index in [1.807, 2.05) is 19.1 Å². The molecule has 0 aliphatic heterocycles. The maximum absolute atomic E-state index is 11.4. The molecule has 1 rings (SSSR count). The van der Waals surface area contributed by atoms with E-state index in [1.54, 1.807) is 19.1 Å². The Balaban J connectivity index is 2.78. The van der Waals surface area contributed by atoms with Gasteiger partial charge in [0.1, 0.15) is 5.92 Å². The van der Waals surface area contributed by atoms with E-state index in [9.17, 15) is 14.4 Å². The van der Waals surface area contributed by atoms with E-state index in [-0.39, 0.29) is 11.8 Å². The van der Waals surface area contributed by atoms with Gasteiger partial charge >= 0.3 is 11.9 Å². The topological polar surface area (TPSA) is 91.7 Å². The average molecular weight is 401 g/mol. The minimum Gasteiger partial charge on any atom is -0.481 e. The highest BCUT2D eigenvalue weighted by atomic mass is 16.4. The second-order valence-corrected chi connectivity index (χ2v) is 8.28. The Hall–Kier alpha value is -2.69. The maximum Gasteiger partial charge on any atom is 0.373 e. The molecule has 2 N–H and O–H groups in total. The molecule has 1 aliphatic rings. The van der Waals surface area contributed by atoms with Crippen molar-refractivity contribution in [3.63, 3.8) is 0 Å². The molecule has 0 saturated heterocycles. The summed E-state index contributed by atoms with van der Waals surface area (Å²) in [4.78, 5) is 33.2. The number of carbonyl (C=O) groups excluding carboxylic acids is 1. The van der Waals surface area contributed by atoms with Crippen LogP contribution in [0.2, 0.25) is 0 Å². The molecular weight excluding hydrogens is 368 g/mol. The first-order chi connectivity index (χ1) is 13.5. The molecule has 0 radical (unpaired) electrons. The first kappa shape index (κ1) is 24.3. The zero-order valence-electron chi connectivity index (χ0n) is 18.0. The molecule has 5 nitrogen and oxygen atoms in total. The largest absolute Gasteiger partial charge is 0.481 e. The van der Waals surface area contributed by atoms with Gasteiger partial charge in [-0.25, -0.2) is 4.79 Å². The van der Waals surface area contributed by atoms with Crippen LogP contribution in [0.5, 0.6) is 0 Å². The summed E-state index contributed by atoms with van der Waals surface area (Å²) in [5, 5.41) is 17.7. The number of aliphatic carboxylic acids is 2. The van der Waals surface area contributed by atoms with Crippen molar-refractivity contribution in [3.05, 3.63) is 58.7 Å². The summed E-state index contributed by atoms with van der Waals surface area (Å²) in [6.07, 6.45) is 14.9. The van der Waals surface area contributed by atoms with Gasteiger partial charge in [-0.3, -0.25) is 9.59 Å². The second-order valence-electron chi connectivity index (χ2n) is 8.28. The Morgan fingerprint density at radius 2 is 1.76 bits per heavy atom. The van der Waals surface area contributed by atoms with Crippen LogP contribution < -0.4 is 0 Å². The molecule has 0 spiro atoms. The quantitative estimate of drug-likeness (QED) is 0.313. The van der Waals surface area contributed by atoms with Gasteiger partial charge in [-0.15, -0.1) is 0 Å². The van der Waals surface area contributed by atoms with Gasteiger partial charge in [-0.05, 0) is 57.4 Å². The molecule has 0 heterocycles. The minimum absolute atomic E-state index is 0.151. The molecule has 158 valence electrons. The molecule has 0 aromatic rings. The first-order valence-electron chi connectivity index (χ1n) is 9.85. The third kappa shape index (κ3) is 7.68. The minimum atomic E-state index is -1.73. The van der Waals surface area contributed by atoms with Gasteiger partial charge in [0.15, 0.2) is 0 Å². The summed E-state index contributed by atoms with van der Waals surface area (Å²) < 4.78 is 0. The molecule has 1 aliphatic carbocycles. The van der Waals surface area contributed by atoms with Crippen molar-refractivity contribution in [2.75, 3.05) is 0 Å². The normalized spacial score (nSPS) is 19.1. The number of carboxylic acid groups (broad SMARTS) is 2. The Morgan fingerprint density at radius 1 is 1.10 bits per heavy atom. The highest BCUT2D eigenvalue weighted by Crippen LogP contribution is 2.40. The summed E-state index contributed by atoms with van der Waals surface area (Å²) >= 11 is 0. The van der Waals surface area contributed by atoms with Crippen molar-refractivity contribution in [2.45, 2.75) is 60.3 Å². The van der Waals surface area contributed by atoms with E-state index in [2.05, 4.69) is 32.9 Å². The van der Waals surface area contributed by atoms with Crippen LogP contribution in [0, 0.1) is 11.3 Å². The van der Waals surface area contributed by atoms with Gasteiger partial charge < -0.3 is 10.2 Å². The van der Waals surface area contributed by atoms with Crippen molar-refractivity contribution in [2.24, 2.45) is 11.3 Å². The molecule has 0 aromatic carbocycles. The molecule has 29 heavy (non-hydrogen) atoms. The van der Waals surface area contributed by atoms with E-state index < -0.39 is 23.6 Å². The summed E-state index contributed by atoms with van der Waals surface area (Å²) in [6.45, 7) is 10.5. The fourth-order valence-corrected chi connectivity index (χ4v) is 3.47. The van der Waals surface area contributed by atoms with Crippen molar-refractivity contribution in [1.29, 1.82) is 0 Å². The van der Waals surface area contributed by atoms with Crippen LogP contribution in [0.3, 0.4) is 0 Å². The molecule has 0 saturated carbocycles. The van der Waals surface area contributed by atoms with Gasteiger partial charge in [-0.1, -0.05) is 67.0 Å². The SMILES string of the molecule is CC(C=C/C=C(/C)C=CC1=C(C)CCCC1(C)C)=CCC(C(=O)O)C(=O)C(=O)O. The standard InChI is InChI=1S/C24H32O5/c1-16(11-13-19(22(26)27)21(25)23(28)29)8-6-9-17(2)12-14-20-18(3)10-7-15-24(20,4)5/h6,8-9,11-12,14,19H,7,10,13,15H2,1-5H3,(H,26,27)(H,28,29)/b8-6?,14-12?,16-11?,17-9-. The van der Waals surface area contributed by atoms with E-state index in [0.29, 0.717) is 0 Å². The molecule has 0 aromatic heterocycles. The Morgan fingerprint density at radius 3 is 2.31 bits per heavy atom. The van der Waals surface area contributed by atoms with Crippen molar-refractivity contribution in [1.82, 2.24) is 0 Å². The van der Waals surface area contributed by atoms with Crippen LogP contribution in [0.1, 0.15) is 60.3 Å². The lowest BCUT2D eigenvalue weighted by molar-refractivity contribution is -0.157. The smallest absolute Gasteiger partial charge is 0.373 e. The number of carbonyl (C=O) groups is 3. The number of ketones is 1. The van der Waals surface area contributed by atoms with E-state index in [4.69, 9.17) is 10.2 Å². The van der Waals surface area contributed by atoms with E-state index >= 15 is 0 Å². The molecular formula is C24H32O5. The number of hydrogen-bond acceptors (Lipinski definition) is 3. The Labute approximate surface area is 173 Å². The zero-order chi connectivity index (χ0) is 22.2. The summed E-state index contributed by atoms with van der Waals surface area (Å²) in [6, 6.07) is 0. The predicted molar refractivity (Wildman–Crippen MR) is 115 cm³/mol. The molecule has 1 atom stereocenters. The first-order valence-corrected chi connectivity index (χ1v) is 9.85. The monoisotopic (exact) mass is 400 g/mol. The van der Waals surface area contributed by atoms with Gasteiger partial charge in [0, 0.05) is 0 Å². The predicted octanol–water partition coefficient (Wildman–Crippen LogP) is 5.26. The van der Waals surface area contributed by atoms with Crippen LogP contribution in [-0.4, -0.2) is 27.9 Å². The molecule has 5 heteroatoms. The summed E-state index contributed by atoms with van der Waals surface area (Å²) in [7, 11) is 0. The number of Topliss-reactive ketones (excluding diaryl/α,β-unsaturated/α-hetero) is 1. The lowest BCUT2D eigenvalue weighted by Gasteiger charge is -2.32. The third-order valence-corrected chi connectivity index (χ3v) is 5.27. The number of rotatable bonds is 9. The molecule has 0 bridgehead atoms. The van der Waals surface area contributed by atoms with Crippen LogP contribution in [0.4, 0.5) is 0 Å². The molecule has 0 amide bonds. The average Bonchev–Trinajstić information content (AvgIpc) is 2.60. The van der Waals surface area contributed by atoms with Gasteiger partial charge in [-0.2, -0.15) is 0 Å². The number of allylic oxidation sites excluding steroid dienone is 10. The van der Waals surface area contributed by atoms with Crippen molar-refractivity contribution < 1.29 is 24.6 Å². The van der Waals surface area contributed by atoms with Gasteiger partial charge in [0.05, 0.1) is 0 Å². The number of hydrogen-bond donors (Lipinski definition) is 2. The number of carboxylic acids is 2. The highest BCUT2D eigenvalue weighted by Gasteiger charge is 2.30. The van der Waals surface area contributed by atoms with Crippen LogP contribution in [0.15, 0.2) is 58.7 Å². The Kier molecular flexibility index (Phi) is 9.02. The summed E-state index contributed by atoms with van der Waals surface area (Å²) in [5.41, 5.74) is 4.89. The lowest BCUT2D eigenvalue weighted by Crippen LogP contribution is -2.29. The Bertz CT molecular complexity index is 803. The van der Waals surface area contributed by atoms with E-state index in [0.717, 1.165) is 17.6 Å². The van der Waals surface area contributed by atoms with E-state index in [1.165, 1.54) is 24.0 Å². The van der Waals surface area contributed by atoms with Gasteiger partial charge in [0.2, 0.25) is 0 Å². The molecule has 0 fully saturated rings. The van der Waals surface area contributed by atoms with Crippen LogP contribution in [-0.2, 0) is 14.4 Å². The fraction of sp³-hybridized carbons (Fsp3) is 0.458. The fourth-order valence-electron chi connectivity index (χ4n) is 3.47.